The summed E-state index contributed by atoms with van der Waals surface area (Å²) in [6.45, 7) is 5.00. The SMILES string of the molecule is CC(C)CC(Cl)CNc1nccn2cnnc12. The van der Waals surface area contributed by atoms with Crippen LogP contribution in [0.25, 0.3) is 5.65 Å². The van der Waals surface area contributed by atoms with E-state index < -0.39 is 0 Å². The molecule has 2 heterocycles. The van der Waals surface area contributed by atoms with Crippen LogP contribution in [0.1, 0.15) is 20.3 Å². The smallest absolute Gasteiger partial charge is 0.203 e. The molecule has 0 fully saturated rings. The fourth-order valence-electron chi connectivity index (χ4n) is 1.69. The molecule has 5 nitrogen and oxygen atoms in total. The number of alkyl halides is 1. The van der Waals surface area contributed by atoms with Crippen LogP contribution in [0.3, 0.4) is 0 Å². The van der Waals surface area contributed by atoms with Crippen LogP contribution in [0, 0.1) is 5.92 Å². The Kier molecular flexibility index (Phi) is 3.78. The van der Waals surface area contributed by atoms with Crippen LogP contribution in [-0.4, -0.2) is 31.5 Å². The molecule has 0 amide bonds. The van der Waals surface area contributed by atoms with Crippen molar-refractivity contribution in [2.24, 2.45) is 5.92 Å². The molecule has 0 aliphatic carbocycles. The molecule has 0 saturated carbocycles. The first-order valence-corrected chi connectivity index (χ1v) is 6.12. The Morgan fingerprint density at radius 1 is 1.47 bits per heavy atom. The number of hydrogen-bond donors (Lipinski definition) is 1. The average Bonchev–Trinajstić information content (AvgIpc) is 2.73. The van der Waals surface area contributed by atoms with Gasteiger partial charge in [0.15, 0.2) is 5.82 Å². The number of halogens is 1. The quantitative estimate of drug-likeness (QED) is 0.830. The summed E-state index contributed by atoms with van der Waals surface area (Å²) in [4.78, 5) is 4.24. The van der Waals surface area contributed by atoms with Gasteiger partial charge in [0.2, 0.25) is 5.65 Å². The van der Waals surface area contributed by atoms with Crippen molar-refractivity contribution in [3.63, 3.8) is 0 Å². The van der Waals surface area contributed by atoms with Crippen molar-refractivity contribution < 1.29 is 0 Å². The van der Waals surface area contributed by atoms with Crippen LogP contribution >= 0.6 is 11.6 Å². The second-order valence-corrected chi connectivity index (χ2v) is 5.06. The van der Waals surface area contributed by atoms with E-state index in [1.807, 2.05) is 10.6 Å². The summed E-state index contributed by atoms with van der Waals surface area (Å²) in [5.41, 5.74) is 0.723. The van der Waals surface area contributed by atoms with Gasteiger partial charge in [-0.15, -0.1) is 21.8 Å². The molecule has 1 unspecified atom stereocenters. The summed E-state index contributed by atoms with van der Waals surface area (Å²) < 4.78 is 1.82. The van der Waals surface area contributed by atoms with Gasteiger partial charge in [-0.1, -0.05) is 13.8 Å². The molecule has 0 aliphatic rings. The van der Waals surface area contributed by atoms with Gasteiger partial charge in [0, 0.05) is 18.9 Å². The van der Waals surface area contributed by atoms with E-state index in [4.69, 9.17) is 11.6 Å². The highest BCUT2D eigenvalue weighted by Gasteiger charge is 2.09. The highest BCUT2D eigenvalue weighted by atomic mass is 35.5. The molecular formula is C11H16ClN5. The Bertz CT molecular complexity index is 481. The molecule has 0 bridgehead atoms. The lowest BCUT2D eigenvalue weighted by Crippen LogP contribution is -2.17. The van der Waals surface area contributed by atoms with E-state index in [1.165, 1.54) is 0 Å². The van der Waals surface area contributed by atoms with Gasteiger partial charge in [0.25, 0.3) is 0 Å². The molecule has 2 aromatic heterocycles. The van der Waals surface area contributed by atoms with Crippen molar-refractivity contribution in [1.82, 2.24) is 19.6 Å². The van der Waals surface area contributed by atoms with Crippen molar-refractivity contribution in [3.8, 4) is 0 Å². The van der Waals surface area contributed by atoms with E-state index in [9.17, 15) is 0 Å². The van der Waals surface area contributed by atoms with Crippen LogP contribution in [0.2, 0.25) is 0 Å². The Morgan fingerprint density at radius 2 is 2.29 bits per heavy atom. The lowest BCUT2D eigenvalue weighted by Gasteiger charge is -2.13. The van der Waals surface area contributed by atoms with E-state index >= 15 is 0 Å². The van der Waals surface area contributed by atoms with Crippen LogP contribution in [0.15, 0.2) is 18.7 Å². The largest absolute Gasteiger partial charge is 0.365 e. The lowest BCUT2D eigenvalue weighted by atomic mass is 10.1. The standard InChI is InChI=1S/C11H16ClN5/c1-8(2)5-9(12)6-14-10-11-16-15-7-17(11)4-3-13-10/h3-4,7-9H,5-6H2,1-2H3,(H,13,14). The van der Waals surface area contributed by atoms with Crippen molar-refractivity contribution in [2.75, 3.05) is 11.9 Å². The third-order valence-electron chi connectivity index (χ3n) is 2.43. The molecule has 92 valence electrons. The topological polar surface area (TPSA) is 55.1 Å². The predicted molar refractivity (Wildman–Crippen MR) is 68.4 cm³/mol. The van der Waals surface area contributed by atoms with Crippen molar-refractivity contribution >= 4 is 23.1 Å². The number of anilines is 1. The van der Waals surface area contributed by atoms with Gasteiger partial charge < -0.3 is 5.32 Å². The minimum atomic E-state index is 0.0972. The van der Waals surface area contributed by atoms with Gasteiger partial charge in [0.05, 0.1) is 5.38 Å². The summed E-state index contributed by atoms with van der Waals surface area (Å²) in [5, 5.41) is 11.1. The summed E-state index contributed by atoms with van der Waals surface area (Å²) >= 11 is 6.22. The van der Waals surface area contributed by atoms with Gasteiger partial charge in [-0.3, -0.25) is 4.40 Å². The molecule has 2 rings (SSSR count). The van der Waals surface area contributed by atoms with E-state index in [1.54, 1.807) is 12.5 Å². The second kappa shape index (κ2) is 5.31. The van der Waals surface area contributed by atoms with Crippen molar-refractivity contribution in [3.05, 3.63) is 18.7 Å². The molecule has 0 saturated heterocycles. The Balaban J connectivity index is 2.01. The molecule has 0 radical (unpaired) electrons. The Morgan fingerprint density at radius 3 is 3.06 bits per heavy atom. The zero-order valence-electron chi connectivity index (χ0n) is 9.97. The van der Waals surface area contributed by atoms with Crippen LogP contribution in [-0.2, 0) is 0 Å². The van der Waals surface area contributed by atoms with Crippen LogP contribution in [0.5, 0.6) is 0 Å². The molecule has 0 aliphatic heterocycles. The normalized spacial score (nSPS) is 13.2. The van der Waals surface area contributed by atoms with E-state index in [-0.39, 0.29) is 5.38 Å². The minimum absolute atomic E-state index is 0.0972. The summed E-state index contributed by atoms with van der Waals surface area (Å²) in [6, 6.07) is 0. The highest BCUT2D eigenvalue weighted by Crippen LogP contribution is 2.14. The lowest BCUT2D eigenvalue weighted by molar-refractivity contribution is 0.572. The number of nitrogens with one attached hydrogen (secondary N) is 1. The van der Waals surface area contributed by atoms with E-state index in [0.29, 0.717) is 12.5 Å². The first-order chi connectivity index (χ1) is 8.16. The zero-order chi connectivity index (χ0) is 12.3. The summed E-state index contributed by atoms with van der Waals surface area (Å²) in [7, 11) is 0. The molecule has 0 spiro atoms. The molecule has 6 heteroatoms. The highest BCUT2D eigenvalue weighted by molar-refractivity contribution is 6.20. The zero-order valence-corrected chi connectivity index (χ0v) is 10.7. The Hall–Kier alpha value is -1.36. The summed E-state index contributed by atoms with van der Waals surface area (Å²) in [5.74, 6) is 1.32. The maximum absolute atomic E-state index is 6.22. The van der Waals surface area contributed by atoms with E-state index in [2.05, 4.69) is 34.3 Å². The first kappa shape index (κ1) is 12.1. The monoisotopic (exact) mass is 253 g/mol. The predicted octanol–water partition coefficient (Wildman–Crippen LogP) is 2.19. The minimum Gasteiger partial charge on any atom is -0.365 e. The number of fused-ring (bicyclic) bond motifs is 1. The summed E-state index contributed by atoms with van der Waals surface area (Å²) in [6.07, 6.45) is 6.15. The third-order valence-corrected chi connectivity index (χ3v) is 2.77. The number of rotatable bonds is 5. The van der Waals surface area contributed by atoms with Gasteiger partial charge in [0.1, 0.15) is 6.33 Å². The molecule has 0 aromatic carbocycles. The van der Waals surface area contributed by atoms with Crippen molar-refractivity contribution in [1.29, 1.82) is 0 Å². The first-order valence-electron chi connectivity index (χ1n) is 5.69. The molecular weight excluding hydrogens is 238 g/mol. The number of nitrogens with zero attached hydrogens (tertiary/aromatic N) is 4. The fraction of sp³-hybridized carbons (Fsp3) is 0.545. The fourth-order valence-corrected chi connectivity index (χ4v) is 2.12. The third kappa shape index (κ3) is 3.06. The maximum atomic E-state index is 6.22. The maximum Gasteiger partial charge on any atom is 0.203 e. The van der Waals surface area contributed by atoms with Gasteiger partial charge in [-0.2, -0.15) is 0 Å². The van der Waals surface area contributed by atoms with Gasteiger partial charge in [-0.05, 0) is 12.3 Å². The average molecular weight is 254 g/mol. The number of aromatic nitrogens is 4. The molecule has 1 N–H and O–H groups in total. The molecule has 17 heavy (non-hydrogen) atoms. The van der Waals surface area contributed by atoms with Crippen LogP contribution in [0.4, 0.5) is 5.82 Å². The molecule has 1 atom stereocenters. The second-order valence-electron chi connectivity index (χ2n) is 4.45. The Labute approximate surface area is 105 Å². The van der Waals surface area contributed by atoms with Gasteiger partial charge in [-0.25, -0.2) is 4.98 Å². The van der Waals surface area contributed by atoms with Crippen LogP contribution < -0.4 is 5.32 Å². The van der Waals surface area contributed by atoms with Crippen molar-refractivity contribution in [2.45, 2.75) is 25.6 Å². The molecule has 2 aromatic rings. The van der Waals surface area contributed by atoms with Gasteiger partial charge >= 0.3 is 0 Å². The number of hydrogen-bond acceptors (Lipinski definition) is 4. The van der Waals surface area contributed by atoms with E-state index in [0.717, 1.165) is 17.9 Å².